The van der Waals surface area contributed by atoms with Crippen LogP contribution in [-0.4, -0.2) is 41.6 Å². The predicted octanol–water partition coefficient (Wildman–Crippen LogP) is 1.05. The van der Waals surface area contributed by atoms with E-state index in [1.54, 1.807) is 0 Å². The monoisotopic (exact) mass is 249 g/mol. The molecule has 1 N–H and O–H groups in total. The maximum Gasteiger partial charge on any atom is 0.303 e. The van der Waals surface area contributed by atoms with Crippen molar-refractivity contribution < 1.29 is 18.3 Å². The number of carbonyl (C=O) groups is 1. The summed E-state index contributed by atoms with van der Waals surface area (Å²) < 4.78 is 25.4. The molecule has 0 aromatic heterocycles. The third-order valence-electron chi connectivity index (χ3n) is 2.62. The maximum atomic E-state index is 12.0. The average molecular weight is 249 g/mol. The Morgan fingerprint density at radius 1 is 1.44 bits per heavy atom. The van der Waals surface area contributed by atoms with Crippen molar-refractivity contribution in [2.24, 2.45) is 0 Å². The summed E-state index contributed by atoms with van der Waals surface area (Å²) in [6, 6.07) is -0.0978. The zero-order chi connectivity index (χ0) is 12.3. The molecular weight excluding hydrogens is 230 g/mol. The second-order valence-electron chi connectivity index (χ2n) is 4.45. The van der Waals surface area contributed by atoms with E-state index in [1.807, 2.05) is 13.8 Å². The van der Waals surface area contributed by atoms with Crippen molar-refractivity contribution in [1.29, 1.82) is 0 Å². The van der Waals surface area contributed by atoms with Gasteiger partial charge in [-0.2, -0.15) is 4.31 Å². The van der Waals surface area contributed by atoms with Gasteiger partial charge in [0.1, 0.15) is 0 Å². The summed E-state index contributed by atoms with van der Waals surface area (Å²) in [7, 11) is -3.18. The first-order valence-electron chi connectivity index (χ1n) is 5.58. The van der Waals surface area contributed by atoms with Crippen LogP contribution in [-0.2, 0) is 14.8 Å². The number of hydrogen-bond donors (Lipinski definition) is 1. The van der Waals surface area contributed by atoms with Gasteiger partial charge in [-0.3, -0.25) is 4.79 Å². The van der Waals surface area contributed by atoms with Crippen molar-refractivity contribution in [3.05, 3.63) is 0 Å². The first-order valence-corrected chi connectivity index (χ1v) is 7.08. The smallest absolute Gasteiger partial charge is 0.303 e. The second kappa shape index (κ2) is 5.14. The van der Waals surface area contributed by atoms with Gasteiger partial charge in [0.15, 0.2) is 0 Å². The van der Waals surface area contributed by atoms with Crippen LogP contribution in [0.25, 0.3) is 0 Å². The molecule has 1 rings (SSSR count). The average Bonchev–Trinajstić information content (AvgIpc) is 2.93. The number of aliphatic carboxylic acids is 1. The third-order valence-corrected chi connectivity index (χ3v) is 5.19. The number of carboxylic acids is 1. The molecule has 0 unspecified atom stereocenters. The minimum absolute atomic E-state index is 0.0173. The van der Waals surface area contributed by atoms with E-state index in [2.05, 4.69) is 0 Å². The molecule has 0 aromatic carbocycles. The third kappa shape index (κ3) is 3.45. The molecule has 0 radical (unpaired) electrons. The molecule has 16 heavy (non-hydrogen) atoms. The first-order chi connectivity index (χ1) is 7.35. The topological polar surface area (TPSA) is 74.7 Å². The lowest BCUT2D eigenvalue weighted by molar-refractivity contribution is -0.137. The molecule has 1 aliphatic rings. The van der Waals surface area contributed by atoms with Crippen LogP contribution < -0.4 is 0 Å². The summed E-state index contributed by atoms with van der Waals surface area (Å²) in [5.74, 6) is -0.882. The minimum Gasteiger partial charge on any atom is -0.481 e. The Kier molecular flexibility index (Phi) is 4.32. The lowest BCUT2D eigenvalue weighted by Crippen LogP contribution is -2.39. The molecule has 0 spiro atoms. The highest BCUT2D eigenvalue weighted by Gasteiger charge is 2.40. The van der Waals surface area contributed by atoms with Crippen LogP contribution in [0, 0.1) is 0 Å². The van der Waals surface area contributed by atoms with Crippen LogP contribution in [0.1, 0.15) is 39.5 Å². The molecule has 1 fully saturated rings. The standard InChI is InChI=1S/C10H19NO4S/c1-8(2)11(7-3-4-10(12)13)16(14,15)9-5-6-9/h8-9H,3-7H2,1-2H3,(H,12,13). The molecule has 0 atom stereocenters. The molecule has 0 aromatic rings. The molecule has 0 bridgehead atoms. The van der Waals surface area contributed by atoms with Crippen LogP contribution >= 0.6 is 0 Å². The fourth-order valence-electron chi connectivity index (χ4n) is 1.62. The van der Waals surface area contributed by atoms with Crippen LogP contribution in [0.3, 0.4) is 0 Å². The summed E-state index contributed by atoms with van der Waals surface area (Å²) in [5, 5.41) is 8.30. The minimum atomic E-state index is -3.18. The van der Waals surface area contributed by atoms with Gasteiger partial charge in [-0.1, -0.05) is 0 Å². The summed E-state index contributed by atoms with van der Waals surface area (Å²) in [4.78, 5) is 10.4. The second-order valence-corrected chi connectivity index (χ2v) is 6.61. The van der Waals surface area contributed by atoms with Crippen LogP contribution in [0.5, 0.6) is 0 Å². The highest BCUT2D eigenvalue weighted by molar-refractivity contribution is 7.90. The number of hydrogen-bond acceptors (Lipinski definition) is 3. The molecule has 0 heterocycles. The normalized spacial score (nSPS) is 17.0. The molecule has 1 aliphatic carbocycles. The zero-order valence-corrected chi connectivity index (χ0v) is 10.5. The van der Waals surface area contributed by atoms with Gasteiger partial charge in [0, 0.05) is 19.0 Å². The van der Waals surface area contributed by atoms with Gasteiger partial charge in [0.25, 0.3) is 0 Å². The number of nitrogens with zero attached hydrogens (tertiary/aromatic N) is 1. The van der Waals surface area contributed by atoms with Crippen molar-refractivity contribution in [2.75, 3.05) is 6.54 Å². The molecule has 1 saturated carbocycles. The van der Waals surface area contributed by atoms with E-state index in [-0.39, 0.29) is 17.7 Å². The number of rotatable bonds is 7. The van der Waals surface area contributed by atoms with Gasteiger partial charge in [-0.15, -0.1) is 0 Å². The summed E-state index contributed by atoms with van der Waals surface area (Å²) in [5.41, 5.74) is 0. The van der Waals surface area contributed by atoms with Crippen LogP contribution in [0.4, 0.5) is 0 Å². The van der Waals surface area contributed by atoms with Gasteiger partial charge >= 0.3 is 5.97 Å². The highest BCUT2D eigenvalue weighted by atomic mass is 32.2. The van der Waals surface area contributed by atoms with Crippen LogP contribution in [0.2, 0.25) is 0 Å². The molecule has 0 amide bonds. The Balaban J connectivity index is 2.57. The highest BCUT2D eigenvalue weighted by Crippen LogP contribution is 2.32. The maximum absolute atomic E-state index is 12.0. The first kappa shape index (κ1) is 13.4. The Morgan fingerprint density at radius 3 is 2.38 bits per heavy atom. The largest absolute Gasteiger partial charge is 0.481 e. The van der Waals surface area contributed by atoms with E-state index in [0.29, 0.717) is 13.0 Å². The fraction of sp³-hybridized carbons (Fsp3) is 0.900. The van der Waals surface area contributed by atoms with E-state index in [1.165, 1.54) is 4.31 Å². The van der Waals surface area contributed by atoms with Crippen molar-refractivity contribution in [2.45, 2.75) is 50.8 Å². The van der Waals surface area contributed by atoms with E-state index in [0.717, 1.165) is 12.8 Å². The Morgan fingerprint density at radius 2 is 2.00 bits per heavy atom. The molecule has 94 valence electrons. The summed E-state index contributed by atoms with van der Waals surface area (Å²) in [6.45, 7) is 3.95. The van der Waals surface area contributed by atoms with Crippen molar-refractivity contribution in [3.63, 3.8) is 0 Å². The van der Waals surface area contributed by atoms with Gasteiger partial charge in [0.2, 0.25) is 10.0 Å². The van der Waals surface area contributed by atoms with Crippen molar-refractivity contribution in [1.82, 2.24) is 4.31 Å². The van der Waals surface area contributed by atoms with Crippen LogP contribution in [0.15, 0.2) is 0 Å². The van der Waals surface area contributed by atoms with E-state index in [4.69, 9.17) is 5.11 Å². The SMILES string of the molecule is CC(C)N(CCCC(=O)O)S(=O)(=O)C1CC1. The molecular formula is C10H19NO4S. The molecule has 6 heteroatoms. The van der Waals surface area contributed by atoms with E-state index >= 15 is 0 Å². The Hall–Kier alpha value is -0.620. The molecule has 5 nitrogen and oxygen atoms in total. The summed E-state index contributed by atoms with van der Waals surface area (Å²) in [6.07, 6.45) is 1.87. The van der Waals surface area contributed by atoms with Crippen molar-refractivity contribution in [3.8, 4) is 0 Å². The zero-order valence-electron chi connectivity index (χ0n) is 9.72. The van der Waals surface area contributed by atoms with Crippen molar-refractivity contribution >= 4 is 16.0 Å². The van der Waals surface area contributed by atoms with Gasteiger partial charge < -0.3 is 5.11 Å². The lowest BCUT2D eigenvalue weighted by Gasteiger charge is -2.25. The number of carboxylic acid groups (broad SMARTS) is 1. The summed E-state index contributed by atoms with van der Waals surface area (Å²) >= 11 is 0. The fourth-order valence-corrected chi connectivity index (χ4v) is 3.71. The quantitative estimate of drug-likeness (QED) is 0.732. The molecule has 0 saturated heterocycles. The molecule has 0 aliphatic heterocycles. The Bertz CT molecular complexity index is 346. The lowest BCUT2D eigenvalue weighted by atomic mass is 10.3. The van der Waals surface area contributed by atoms with E-state index < -0.39 is 16.0 Å². The van der Waals surface area contributed by atoms with Gasteiger partial charge in [-0.25, -0.2) is 8.42 Å². The Labute approximate surface area is 96.5 Å². The van der Waals surface area contributed by atoms with Gasteiger partial charge in [0.05, 0.1) is 5.25 Å². The number of sulfonamides is 1. The van der Waals surface area contributed by atoms with Gasteiger partial charge in [-0.05, 0) is 33.1 Å². The predicted molar refractivity (Wildman–Crippen MR) is 60.7 cm³/mol. The van der Waals surface area contributed by atoms with E-state index in [9.17, 15) is 13.2 Å².